The van der Waals surface area contributed by atoms with Crippen LogP contribution >= 0.6 is 11.6 Å². The summed E-state index contributed by atoms with van der Waals surface area (Å²) in [6, 6.07) is 4.09. The van der Waals surface area contributed by atoms with Gasteiger partial charge in [-0.05, 0) is 49.0 Å². The lowest BCUT2D eigenvalue weighted by Crippen LogP contribution is -2.42. The van der Waals surface area contributed by atoms with Crippen molar-refractivity contribution in [2.24, 2.45) is 17.6 Å². The Labute approximate surface area is 126 Å². The molecule has 2 heterocycles. The van der Waals surface area contributed by atoms with Crippen molar-refractivity contribution in [1.82, 2.24) is 4.90 Å². The topological polar surface area (TPSA) is 38.5 Å². The molecule has 3 rings (SSSR count). The lowest BCUT2D eigenvalue weighted by atomic mass is 9.87. The molecule has 0 bridgehead atoms. The fourth-order valence-corrected chi connectivity index (χ4v) is 3.64. The van der Waals surface area contributed by atoms with Crippen LogP contribution in [0, 0.1) is 11.8 Å². The maximum Gasteiger partial charge on any atom is 0.127 e. The fourth-order valence-electron chi connectivity index (χ4n) is 3.38. The molecule has 1 aromatic carbocycles. The van der Waals surface area contributed by atoms with Gasteiger partial charge in [0.25, 0.3) is 0 Å². The first-order chi connectivity index (χ1) is 9.67. The number of nitrogens with zero attached hydrogens (tertiary/aromatic N) is 1. The summed E-state index contributed by atoms with van der Waals surface area (Å²) < 4.78 is 5.79. The second-order valence-electron chi connectivity index (χ2n) is 6.15. The molecule has 2 aliphatic rings. The van der Waals surface area contributed by atoms with Crippen LogP contribution in [-0.4, -0.2) is 31.1 Å². The van der Waals surface area contributed by atoms with E-state index in [1.807, 2.05) is 6.07 Å². The average Bonchev–Trinajstić information content (AvgIpc) is 2.89. The number of rotatable bonds is 3. The van der Waals surface area contributed by atoms with E-state index in [1.165, 1.54) is 17.5 Å². The third kappa shape index (κ3) is 2.80. The number of likely N-dealkylation sites (tertiary alicyclic amines) is 1. The zero-order chi connectivity index (χ0) is 14.1. The SMILES string of the molecule is CC1CCN(Cc2cc(Cl)cc3c2OCC3)CC1CN. The molecular formula is C16H23ClN2O. The van der Waals surface area contributed by atoms with E-state index in [0.717, 1.165) is 55.9 Å². The zero-order valence-corrected chi connectivity index (χ0v) is 12.8. The Kier molecular flexibility index (Phi) is 4.20. The van der Waals surface area contributed by atoms with Crippen molar-refractivity contribution in [3.63, 3.8) is 0 Å². The Morgan fingerprint density at radius 1 is 1.45 bits per heavy atom. The molecule has 2 aliphatic heterocycles. The molecule has 1 aromatic rings. The van der Waals surface area contributed by atoms with E-state index in [2.05, 4.69) is 17.9 Å². The number of nitrogens with two attached hydrogens (primary N) is 1. The number of benzene rings is 1. The molecule has 2 unspecified atom stereocenters. The zero-order valence-electron chi connectivity index (χ0n) is 12.1. The summed E-state index contributed by atoms with van der Waals surface area (Å²) in [4.78, 5) is 2.49. The highest BCUT2D eigenvalue weighted by molar-refractivity contribution is 6.30. The first-order valence-corrected chi connectivity index (χ1v) is 7.91. The second-order valence-corrected chi connectivity index (χ2v) is 6.58. The molecule has 0 saturated carbocycles. The number of ether oxygens (including phenoxy) is 1. The van der Waals surface area contributed by atoms with Gasteiger partial charge in [0.15, 0.2) is 0 Å². The predicted octanol–water partition coefficient (Wildman–Crippen LogP) is 2.69. The molecule has 2 atom stereocenters. The lowest BCUT2D eigenvalue weighted by molar-refractivity contribution is 0.125. The smallest absolute Gasteiger partial charge is 0.127 e. The second kappa shape index (κ2) is 5.92. The van der Waals surface area contributed by atoms with Crippen LogP contribution in [0.15, 0.2) is 12.1 Å². The van der Waals surface area contributed by atoms with E-state index >= 15 is 0 Å². The lowest BCUT2D eigenvalue weighted by Gasteiger charge is -2.36. The maximum atomic E-state index is 6.23. The number of piperidine rings is 1. The molecule has 0 aliphatic carbocycles. The van der Waals surface area contributed by atoms with Gasteiger partial charge in [-0.1, -0.05) is 18.5 Å². The van der Waals surface area contributed by atoms with Crippen LogP contribution in [0.25, 0.3) is 0 Å². The Morgan fingerprint density at radius 2 is 2.30 bits per heavy atom. The van der Waals surface area contributed by atoms with Crippen molar-refractivity contribution >= 4 is 11.6 Å². The minimum Gasteiger partial charge on any atom is -0.493 e. The Morgan fingerprint density at radius 3 is 3.10 bits per heavy atom. The molecule has 1 fully saturated rings. The molecule has 4 heteroatoms. The van der Waals surface area contributed by atoms with Crippen LogP contribution in [0.5, 0.6) is 5.75 Å². The van der Waals surface area contributed by atoms with Crippen molar-refractivity contribution < 1.29 is 4.74 Å². The van der Waals surface area contributed by atoms with Gasteiger partial charge in [-0.15, -0.1) is 0 Å². The fraction of sp³-hybridized carbons (Fsp3) is 0.625. The third-order valence-electron chi connectivity index (χ3n) is 4.72. The normalized spacial score (nSPS) is 26.4. The summed E-state index contributed by atoms with van der Waals surface area (Å²) in [5.41, 5.74) is 8.38. The van der Waals surface area contributed by atoms with Crippen LogP contribution in [0.1, 0.15) is 24.5 Å². The molecule has 1 saturated heterocycles. The highest BCUT2D eigenvalue weighted by Gasteiger charge is 2.26. The van der Waals surface area contributed by atoms with Crippen molar-refractivity contribution in [1.29, 1.82) is 0 Å². The average molecular weight is 295 g/mol. The van der Waals surface area contributed by atoms with Gasteiger partial charge in [0, 0.05) is 30.1 Å². The first-order valence-electron chi connectivity index (χ1n) is 7.54. The van der Waals surface area contributed by atoms with E-state index in [1.54, 1.807) is 0 Å². The number of hydrogen-bond donors (Lipinski definition) is 1. The van der Waals surface area contributed by atoms with E-state index in [0.29, 0.717) is 5.92 Å². The van der Waals surface area contributed by atoms with Gasteiger partial charge in [-0.3, -0.25) is 4.90 Å². The third-order valence-corrected chi connectivity index (χ3v) is 4.94. The Hall–Kier alpha value is -0.770. The highest BCUT2D eigenvalue weighted by atomic mass is 35.5. The van der Waals surface area contributed by atoms with Gasteiger partial charge in [0.1, 0.15) is 5.75 Å². The van der Waals surface area contributed by atoms with E-state index < -0.39 is 0 Å². The molecule has 0 radical (unpaired) electrons. The molecule has 2 N–H and O–H groups in total. The van der Waals surface area contributed by atoms with Gasteiger partial charge in [-0.2, -0.15) is 0 Å². The highest BCUT2D eigenvalue weighted by Crippen LogP contribution is 2.34. The molecular weight excluding hydrogens is 272 g/mol. The molecule has 3 nitrogen and oxygen atoms in total. The van der Waals surface area contributed by atoms with Crippen LogP contribution in [0.3, 0.4) is 0 Å². The summed E-state index contributed by atoms with van der Waals surface area (Å²) >= 11 is 6.23. The molecule has 20 heavy (non-hydrogen) atoms. The number of fused-ring (bicyclic) bond motifs is 1. The minimum absolute atomic E-state index is 0.608. The van der Waals surface area contributed by atoms with Crippen LogP contribution in [0.4, 0.5) is 0 Å². The van der Waals surface area contributed by atoms with Crippen LogP contribution in [0.2, 0.25) is 5.02 Å². The largest absolute Gasteiger partial charge is 0.493 e. The monoisotopic (exact) mass is 294 g/mol. The van der Waals surface area contributed by atoms with Crippen molar-refractivity contribution in [3.05, 3.63) is 28.3 Å². The Bertz CT molecular complexity index is 492. The molecule has 0 spiro atoms. The summed E-state index contributed by atoms with van der Waals surface area (Å²) in [7, 11) is 0. The van der Waals surface area contributed by atoms with Crippen LogP contribution in [-0.2, 0) is 13.0 Å². The van der Waals surface area contributed by atoms with Crippen LogP contribution < -0.4 is 10.5 Å². The minimum atomic E-state index is 0.608. The van der Waals surface area contributed by atoms with Crippen molar-refractivity contribution in [2.45, 2.75) is 26.3 Å². The van der Waals surface area contributed by atoms with Gasteiger partial charge in [0.2, 0.25) is 0 Å². The maximum absolute atomic E-state index is 6.23. The quantitative estimate of drug-likeness (QED) is 0.931. The predicted molar refractivity (Wildman–Crippen MR) is 82.3 cm³/mol. The molecule has 110 valence electrons. The summed E-state index contributed by atoms with van der Waals surface area (Å²) in [6.45, 7) is 7.02. The molecule has 0 amide bonds. The van der Waals surface area contributed by atoms with Gasteiger partial charge < -0.3 is 10.5 Å². The summed E-state index contributed by atoms with van der Waals surface area (Å²) in [6.07, 6.45) is 2.21. The van der Waals surface area contributed by atoms with Crippen molar-refractivity contribution in [3.8, 4) is 5.75 Å². The first kappa shape index (κ1) is 14.2. The van der Waals surface area contributed by atoms with Gasteiger partial charge >= 0.3 is 0 Å². The van der Waals surface area contributed by atoms with Crippen molar-refractivity contribution in [2.75, 3.05) is 26.2 Å². The number of hydrogen-bond acceptors (Lipinski definition) is 3. The number of halogens is 1. The molecule has 0 aromatic heterocycles. The van der Waals surface area contributed by atoms with E-state index in [9.17, 15) is 0 Å². The standard InChI is InChI=1S/C16H23ClN2O/c1-11-2-4-19(10-14(11)8-18)9-13-7-15(17)6-12-3-5-20-16(12)13/h6-7,11,14H,2-5,8-10,18H2,1H3. The van der Waals surface area contributed by atoms with E-state index in [-0.39, 0.29) is 0 Å². The summed E-state index contributed by atoms with van der Waals surface area (Å²) in [5, 5.41) is 0.824. The summed E-state index contributed by atoms with van der Waals surface area (Å²) in [5.74, 6) is 2.41. The Balaban J connectivity index is 1.75. The van der Waals surface area contributed by atoms with E-state index in [4.69, 9.17) is 22.1 Å². The van der Waals surface area contributed by atoms with Gasteiger partial charge in [0.05, 0.1) is 6.61 Å². The van der Waals surface area contributed by atoms with Gasteiger partial charge in [-0.25, -0.2) is 0 Å².